The third-order valence-corrected chi connectivity index (χ3v) is 1.98. The normalized spacial score (nSPS) is 11.7. The fourth-order valence-corrected chi connectivity index (χ4v) is 1.25. The van der Waals surface area contributed by atoms with Crippen molar-refractivity contribution in [1.29, 1.82) is 0 Å². The monoisotopic (exact) mass is 217 g/mol. The van der Waals surface area contributed by atoms with Crippen LogP contribution in [-0.4, -0.2) is 5.91 Å². The first-order chi connectivity index (χ1) is 7.47. The topological polar surface area (TPSA) is 29.1 Å². The molecule has 1 aromatic rings. The molecule has 16 heavy (non-hydrogen) atoms. The van der Waals surface area contributed by atoms with Gasteiger partial charge in [-0.3, -0.25) is 4.79 Å². The van der Waals surface area contributed by atoms with E-state index in [1.165, 1.54) is 0 Å². The first-order valence-corrected chi connectivity index (χ1v) is 5.50. The Hall–Kier alpha value is -1.57. The van der Waals surface area contributed by atoms with Crippen molar-refractivity contribution in [1.82, 2.24) is 0 Å². The summed E-state index contributed by atoms with van der Waals surface area (Å²) in [6.45, 7) is 6.33. The molecule has 2 heteroatoms. The van der Waals surface area contributed by atoms with E-state index in [-0.39, 0.29) is 11.3 Å². The van der Waals surface area contributed by atoms with Crippen LogP contribution in [0.2, 0.25) is 0 Å². The second-order valence-corrected chi connectivity index (χ2v) is 4.89. The summed E-state index contributed by atoms with van der Waals surface area (Å²) in [6, 6.07) is 9.49. The summed E-state index contributed by atoms with van der Waals surface area (Å²) >= 11 is 0. The molecule has 2 nitrogen and oxygen atoms in total. The summed E-state index contributed by atoms with van der Waals surface area (Å²) in [5.41, 5.74) is 0.976. The molecule has 0 heterocycles. The van der Waals surface area contributed by atoms with Crippen LogP contribution in [0, 0.1) is 5.41 Å². The van der Waals surface area contributed by atoms with Gasteiger partial charge in [-0.05, 0) is 17.5 Å². The van der Waals surface area contributed by atoms with Crippen molar-refractivity contribution in [3.63, 3.8) is 0 Å². The summed E-state index contributed by atoms with van der Waals surface area (Å²) in [5.74, 6) is 0.0201. The maximum atomic E-state index is 11.5. The fraction of sp³-hybridized carbons (Fsp3) is 0.357. The highest BCUT2D eigenvalue weighted by Crippen LogP contribution is 2.15. The Labute approximate surface area is 97.4 Å². The van der Waals surface area contributed by atoms with Crippen molar-refractivity contribution in [2.45, 2.75) is 27.2 Å². The first kappa shape index (κ1) is 12.5. The highest BCUT2D eigenvalue weighted by molar-refractivity contribution is 5.91. The number of hydrogen-bond donors (Lipinski definition) is 1. The van der Waals surface area contributed by atoms with E-state index in [0.717, 1.165) is 5.69 Å². The van der Waals surface area contributed by atoms with Crippen LogP contribution in [0.4, 0.5) is 5.69 Å². The maximum absolute atomic E-state index is 11.5. The van der Waals surface area contributed by atoms with E-state index in [1.807, 2.05) is 36.4 Å². The highest BCUT2D eigenvalue weighted by Gasteiger charge is 2.04. The standard InChI is InChI=1S/C14H19NO/c1-14(2,3)11-7-10-13(16)15-12-8-5-4-6-9-12/h4-9,11H,10H2,1-3H3,(H,15,16)/b11-7+. The van der Waals surface area contributed by atoms with E-state index in [1.54, 1.807) is 0 Å². The van der Waals surface area contributed by atoms with Gasteiger partial charge in [0.2, 0.25) is 5.91 Å². The number of para-hydroxylation sites is 1. The van der Waals surface area contributed by atoms with Gasteiger partial charge in [-0.25, -0.2) is 0 Å². The molecule has 0 saturated carbocycles. The van der Waals surface area contributed by atoms with Crippen molar-refractivity contribution in [2.75, 3.05) is 5.32 Å². The lowest BCUT2D eigenvalue weighted by atomic mass is 9.96. The first-order valence-electron chi connectivity index (χ1n) is 5.50. The SMILES string of the molecule is CC(C)(C)/C=C/CC(=O)Nc1ccccc1. The number of allylic oxidation sites excluding steroid dienone is 1. The average Bonchev–Trinajstić information content (AvgIpc) is 2.17. The Morgan fingerprint density at radius 1 is 1.25 bits per heavy atom. The lowest BCUT2D eigenvalue weighted by Gasteiger charge is -2.10. The lowest BCUT2D eigenvalue weighted by Crippen LogP contribution is -2.10. The van der Waals surface area contributed by atoms with Crippen LogP contribution in [0.3, 0.4) is 0 Å². The van der Waals surface area contributed by atoms with E-state index in [0.29, 0.717) is 6.42 Å². The van der Waals surface area contributed by atoms with Gasteiger partial charge < -0.3 is 5.32 Å². The van der Waals surface area contributed by atoms with Crippen molar-refractivity contribution in [2.24, 2.45) is 5.41 Å². The van der Waals surface area contributed by atoms with E-state index in [4.69, 9.17) is 0 Å². The molecule has 0 atom stereocenters. The van der Waals surface area contributed by atoms with Crippen LogP contribution < -0.4 is 5.32 Å². The quantitative estimate of drug-likeness (QED) is 0.770. The predicted molar refractivity (Wildman–Crippen MR) is 68.3 cm³/mol. The molecule has 1 aromatic carbocycles. The predicted octanol–water partition coefficient (Wildman–Crippen LogP) is 3.62. The minimum Gasteiger partial charge on any atom is -0.326 e. The Morgan fingerprint density at radius 3 is 2.44 bits per heavy atom. The number of carbonyl (C=O) groups excluding carboxylic acids is 1. The molecular weight excluding hydrogens is 198 g/mol. The smallest absolute Gasteiger partial charge is 0.228 e. The molecule has 0 aromatic heterocycles. The summed E-state index contributed by atoms with van der Waals surface area (Å²) < 4.78 is 0. The number of nitrogens with one attached hydrogen (secondary N) is 1. The number of carbonyl (C=O) groups is 1. The summed E-state index contributed by atoms with van der Waals surface area (Å²) in [6.07, 6.45) is 4.39. The summed E-state index contributed by atoms with van der Waals surface area (Å²) in [4.78, 5) is 11.5. The van der Waals surface area contributed by atoms with Crippen LogP contribution >= 0.6 is 0 Å². The third kappa shape index (κ3) is 5.35. The second-order valence-electron chi connectivity index (χ2n) is 4.89. The summed E-state index contributed by atoms with van der Waals surface area (Å²) in [5, 5.41) is 2.84. The van der Waals surface area contributed by atoms with E-state index in [2.05, 4.69) is 32.2 Å². The minimum absolute atomic E-state index is 0.0201. The van der Waals surface area contributed by atoms with Crippen LogP contribution in [0.5, 0.6) is 0 Å². The van der Waals surface area contributed by atoms with Crippen LogP contribution in [0.1, 0.15) is 27.2 Å². The Morgan fingerprint density at radius 2 is 1.88 bits per heavy atom. The van der Waals surface area contributed by atoms with Gasteiger partial charge >= 0.3 is 0 Å². The van der Waals surface area contributed by atoms with Gasteiger partial charge in [0.25, 0.3) is 0 Å². The third-order valence-electron chi connectivity index (χ3n) is 1.98. The van der Waals surface area contributed by atoms with Gasteiger partial charge in [-0.2, -0.15) is 0 Å². The van der Waals surface area contributed by atoms with Crippen LogP contribution in [0.25, 0.3) is 0 Å². The Bertz CT molecular complexity index is 360. The Balaban J connectivity index is 2.41. The number of hydrogen-bond acceptors (Lipinski definition) is 1. The van der Waals surface area contributed by atoms with E-state index >= 15 is 0 Å². The van der Waals surface area contributed by atoms with Gasteiger partial charge in [0.1, 0.15) is 0 Å². The van der Waals surface area contributed by atoms with Gasteiger partial charge in [0, 0.05) is 12.1 Å². The zero-order valence-electron chi connectivity index (χ0n) is 10.2. The van der Waals surface area contributed by atoms with Crippen molar-refractivity contribution >= 4 is 11.6 Å². The highest BCUT2D eigenvalue weighted by atomic mass is 16.1. The number of benzene rings is 1. The second kappa shape index (κ2) is 5.50. The maximum Gasteiger partial charge on any atom is 0.228 e. The van der Waals surface area contributed by atoms with Crippen LogP contribution in [-0.2, 0) is 4.79 Å². The summed E-state index contributed by atoms with van der Waals surface area (Å²) in [7, 11) is 0. The van der Waals surface area contributed by atoms with Gasteiger partial charge in [-0.1, -0.05) is 51.1 Å². The minimum atomic E-state index is 0.0201. The van der Waals surface area contributed by atoms with E-state index < -0.39 is 0 Å². The fourth-order valence-electron chi connectivity index (χ4n) is 1.25. The molecule has 86 valence electrons. The molecule has 0 fully saturated rings. The molecule has 0 saturated heterocycles. The zero-order valence-corrected chi connectivity index (χ0v) is 10.2. The van der Waals surface area contributed by atoms with Crippen molar-refractivity contribution in [3.8, 4) is 0 Å². The van der Waals surface area contributed by atoms with Crippen molar-refractivity contribution in [3.05, 3.63) is 42.5 Å². The average molecular weight is 217 g/mol. The molecule has 1 rings (SSSR count). The zero-order chi connectivity index (χ0) is 12.0. The number of rotatable bonds is 3. The molecule has 0 aliphatic carbocycles. The van der Waals surface area contributed by atoms with Gasteiger partial charge in [0.15, 0.2) is 0 Å². The Kier molecular flexibility index (Phi) is 4.29. The molecule has 0 aliphatic heterocycles. The van der Waals surface area contributed by atoms with Gasteiger partial charge in [0.05, 0.1) is 0 Å². The van der Waals surface area contributed by atoms with Gasteiger partial charge in [-0.15, -0.1) is 0 Å². The number of amides is 1. The molecule has 0 bridgehead atoms. The van der Waals surface area contributed by atoms with E-state index in [9.17, 15) is 4.79 Å². The van der Waals surface area contributed by atoms with Crippen LogP contribution in [0.15, 0.2) is 42.5 Å². The molecule has 0 radical (unpaired) electrons. The molecule has 0 aliphatic rings. The van der Waals surface area contributed by atoms with Crippen molar-refractivity contribution < 1.29 is 4.79 Å². The molecule has 0 unspecified atom stereocenters. The molecule has 1 N–H and O–H groups in total. The molecule has 0 spiro atoms. The largest absolute Gasteiger partial charge is 0.326 e. The lowest BCUT2D eigenvalue weighted by molar-refractivity contribution is -0.115. The molecular formula is C14H19NO. The molecule has 1 amide bonds. The number of anilines is 1.